The smallest absolute Gasteiger partial charge is 0.350 e. The van der Waals surface area contributed by atoms with E-state index in [0.717, 1.165) is 19.4 Å². The van der Waals surface area contributed by atoms with E-state index in [1.54, 1.807) is 21.6 Å². The average Bonchev–Trinajstić information content (AvgIpc) is 3.34. The number of carbonyl (C=O) groups is 1. The van der Waals surface area contributed by atoms with E-state index in [2.05, 4.69) is 22.5 Å². The van der Waals surface area contributed by atoms with Crippen LogP contribution in [-0.2, 0) is 11.3 Å². The maximum Gasteiger partial charge on any atom is 0.350 e. The summed E-state index contributed by atoms with van der Waals surface area (Å²) >= 11 is 6.71. The van der Waals surface area contributed by atoms with Gasteiger partial charge in [0.25, 0.3) is 0 Å². The molecule has 2 atom stereocenters. The highest BCUT2D eigenvalue weighted by Crippen LogP contribution is 2.40. The van der Waals surface area contributed by atoms with Gasteiger partial charge in [0.2, 0.25) is 5.91 Å². The summed E-state index contributed by atoms with van der Waals surface area (Å²) in [6, 6.07) is 9.18. The average molecular weight is 565 g/mol. The molecule has 0 spiro atoms. The number of phenols is 1. The summed E-state index contributed by atoms with van der Waals surface area (Å²) in [4.78, 5) is 36.2. The van der Waals surface area contributed by atoms with Crippen molar-refractivity contribution in [3.8, 4) is 22.9 Å². The summed E-state index contributed by atoms with van der Waals surface area (Å²) in [6.07, 6.45) is 3.29. The van der Waals surface area contributed by atoms with Crippen LogP contribution in [-0.4, -0.2) is 75.7 Å². The number of piperazine rings is 1. The first-order valence-corrected chi connectivity index (χ1v) is 13.6. The summed E-state index contributed by atoms with van der Waals surface area (Å²) in [5.41, 5.74) is 0.267. The van der Waals surface area contributed by atoms with Crippen molar-refractivity contribution in [2.24, 2.45) is 0 Å². The van der Waals surface area contributed by atoms with Gasteiger partial charge in [-0.3, -0.25) is 9.36 Å². The van der Waals surface area contributed by atoms with Gasteiger partial charge in [-0.2, -0.15) is 10.2 Å². The molecule has 9 nitrogen and oxygen atoms in total. The molecule has 2 aliphatic heterocycles. The highest BCUT2D eigenvalue weighted by molar-refractivity contribution is 6.34. The van der Waals surface area contributed by atoms with E-state index in [4.69, 9.17) is 11.6 Å². The summed E-state index contributed by atoms with van der Waals surface area (Å²) in [6.45, 7) is 5.88. The number of phenolic OH excluding ortho intramolecular Hbond substituents is 1. The van der Waals surface area contributed by atoms with E-state index in [1.807, 2.05) is 11.9 Å². The summed E-state index contributed by atoms with van der Waals surface area (Å²) in [5.74, 6) is -0.772. The maximum atomic E-state index is 14.9. The van der Waals surface area contributed by atoms with Gasteiger partial charge in [0.05, 0.1) is 29.6 Å². The Bertz CT molecular complexity index is 1560. The van der Waals surface area contributed by atoms with Crippen molar-refractivity contribution in [2.75, 3.05) is 38.1 Å². The largest absolute Gasteiger partial charge is 0.507 e. The fourth-order valence-electron chi connectivity index (χ4n) is 5.82. The number of benzene rings is 2. The first-order valence-electron chi connectivity index (χ1n) is 13.2. The minimum absolute atomic E-state index is 0.0459. The van der Waals surface area contributed by atoms with E-state index >= 15 is 0 Å². The van der Waals surface area contributed by atoms with Crippen molar-refractivity contribution < 1.29 is 14.3 Å². The lowest BCUT2D eigenvalue weighted by molar-refractivity contribution is -0.128. The van der Waals surface area contributed by atoms with Crippen molar-refractivity contribution in [1.29, 1.82) is 5.26 Å². The molecule has 1 N–H and O–H groups in total. The normalized spacial score (nSPS) is 19.6. The molecule has 3 heterocycles. The summed E-state index contributed by atoms with van der Waals surface area (Å²) in [7, 11) is 2.02. The van der Waals surface area contributed by atoms with E-state index in [1.165, 1.54) is 24.3 Å². The maximum absolute atomic E-state index is 14.9. The van der Waals surface area contributed by atoms with Crippen LogP contribution in [0.25, 0.3) is 22.0 Å². The number of hydrogen-bond acceptors (Lipinski definition) is 7. The SMILES string of the molecule is C=CC(=O)N1CCN(c2nc(=O)n(C[C@@H]3CCCN3C)c3cc(-c4c(O)cccc4F)c(Cl)cc23)C[C@@H]1CC#N. The lowest BCUT2D eigenvalue weighted by atomic mass is 10.0. The fourth-order valence-corrected chi connectivity index (χ4v) is 6.08. The Morgan fingerprint density at radius 2 is 2.10 bits per heavy atom. The van der Waals surface area contributed by atoms with E-state index < -0.39 is 17.5 Å². The van der Waals surface area contributed by atoms with Gasteiger partial charge < -0.3 is 19.8 Å². The Morgan fingerprint density at radius 1 is 1.30 bits per heavy atom. The lowest BCUT2D eigenvalue weighted by Crippen LogP contribution is -2.55. The molecule has 2 saturated heterocycles. The van der Waals surface area contributed by atoms with E-state index in [0.29, 0.717) is 36.4 Å². The number of likely N-dealkylation sites (tertiary alicyclic amines) is 1. The third kappa shape index (κ3) is 5.03. The zero-order valence-electron chi connectivity index (χ0n) is 22.2. The molecule has 5 rings (SSSR count). The number of nitrogens with zero attached hydrogens (tertiary/aromatic N) is 6. The topological polar surface area (TPSA) is 106 Å². The third-order valence-electron chi connectivity index (χ3n) is 7.94. The first-order chi connectivity index (χ1) is 19.2. The summed E-state index contributed by atoms with van der Waals surface area (Å²) in [5, 5.41) is 20.7. The third-order valence-corrected chi connectivity index (χ3v) is 8.25. The minimum Gasteiger partial charge on any atom is -0.507 e. The van der Waals surface area contributed by atoms with Gasteiger partial charge >= 0.3 is 5.69 Å². The number of carbonyl (C=O) groups excluding carboxylic acids is 1. The molecule has 0 radical (unpaired) electrons. The van der Waals surface area contributed by atoms with Gasteiger partial charge in [-0.1, -0.05) is 24.2 Å². The predicted octanol–water partition coefficient (Wildman–Crippen LogP) is 3.77. The number of aromatic nitrogens is 2. The van der Waals surface area contributed by atoms with Gasteiger partial charge in [0.1, 0.15) is 17.4 Å². The minimum atomic E-state index is -0.637. The van der Waals surface area contributed by atoms with Crippen LogP contribution in [0.5, 0.6) is 5.75 Å². The Morgan fingerprint density at radius 3 is 2.77 bits per heavy atom. The molecule has 2 fully saturated rings. The van der Waals surface area contributed by atoms with Crippen molar-refractivity contribution in [3.05, 3.63) is 64.3 Å². The fraction of sp³-hybridized carbons (Fsp3) is 0.379. The van der Waals surface area contributed by atoms with E-state index in [-0.39, 0.29) is 46.8 Å². The second kappa shape index (κ2) is 11.3. The van der Waals surface area contributed by atoms with Gasteiger partial charge in [-0.25, -0.2) is 9.18 Å². The van der Waals surface area contributed by atoms with Gasteiger partial charge in [-0.05, 0) is 56.8 Å². The van der Waals surface area contributed by atoms with Crippen LogP contribution in [0.3, 0.4) is 0 Å². The Hall–Kier alpha value is -3.94. The molecular weight excluding hydrogens is 535 g/mol. The zero-order chi connectivity index (χ0) is 28.6. The molecule has 3 aromatic rings. The van der Waals surface area contributed by atoms with E-state index in [9.17, 15) is 24.3 Å². The first kappa shape index (κ1) is 27.6. The Balaban J connectivity index is 1.68. The molecule has 11 heteroatoms. The highest BCUT2D eigenvalue weighted by Gasteiger charge is 2.32. The number of anilines is 1. The molecule has 208 valence electrons. The molecule has 40 heavy (non-hydrogen) atoms. The molecule has 2 aliphatic rings. The van der Waals surface area contributed by atoms with Crippen molar-refractivity contribution in [3.63, 3.8) is 0 Å². The predicted molar refractivity (Wildman–Crippen MR) is 152 cm³/mol. The van der Waals surface area contributed by atoms with Crippen LogP contribution in [0.1, 0.15) is 19.3 Å². The Kier molecular flexibility index (Phi) is 7.79. The zero-order valence-corrected chi connectivity index (χ0v) is 22.9. The number of rotatable bonds is 6. The van der Waals surface area contributed by atoms with Gasteiger partial charge in [-0.15, -0.1) is 0 Å². The van der Waals surface area contributed by atoms with Crippen LogP contribution in [0.4, 0.5) is 10.2 Å². The van der Waals surface area contributed by atoms with Crippen LogP contribution in [0.15, 0.2) is 47.8 Å². The molecule has 0 aliphatic carbocycles. The molecule has 1 aromatic heterocycles. The number of aromatic hydroxyl groups is 1. The number of nitriles is 1. The van der Waals surface area contributed by atoms with Crippen LogP contribution >= 0.6 is 11.6 Å². The number of amides is 1. The van der Waals surface area contributed by atoms with Crippen LogP contribution in [0, 0.1) is 17.1 Å². The second-order valence-electron chi connectivity index (χ2n) is 10.3. The number of fused-ring (bicyclic) bond motifs is 1. The van der Waals surface area contributed by atoms with Crippen molar-refractivity contribution >= 4 is 34.2 Å². The van der Waals surface area contributed by atoms with Crippen molar-refractivity contribution in [1.82, 2.24) is 19.4 Å². The van der Waals surface area contributed by atoms with Crippen LogP contribution in [0.2, 0.25) is 5.02 Å². The van der Waals surface area contributed by atoms with Gasteiger partial charge in [0, 0.05) is 48.2 Å². The van der Waals surface area contributed by atoms with Crippen molar-refractivity contribution in [2.45, 2.75) is 37.9 Å². The van der Waals surface area contributed by atoms with Crippen LogP contribution < -0.4 is 10.6 Å². The number of hydrogen-bond donors (Lipinski definition) is 1. The molecule has 1 amide bonds. The molecular formula is C29H30ClFN6O3. The Labute approximate surface area is 236 Å². The quantitative estimate of drug-likeness (QED) is 0.454. The second-order valence-corrected chi connectivity index (χ2v) is 10.7. The van der Waals surface area contributed by atoms with Gasteiger partial charge in [0.15, 0.2) is 0 Å². The lowest BCUT2D eigenvalue weighted by Gasteiger charge is -2.41. The number of halogens is 2. The molecule has 0 saturated carbocycles. The monoisotopic (exact) mass is 564 g/mol. The molecule has 2 aromatic carbocycles. The summed E-state index contributed by atoms with van der Waals surface area (Å²) < 4.78 is 16.5. The standard InChI is InChI=1S/C29H30ClFN6O3/c1-3-26(39)36-13-12-35(16-19(36)9-10-32)28-21-14-22(30)20(27-23(31)7-4-8-25(27)38)15-24(21)37(29(40)33-28)17-18-6-5-11-34(18)2/h3-4,7-8,14-15,18-19,38H,1,5-6,9,11-13,16-17H2,2H3/t18-,19-/m0/s1. The number of likely N-dealkylation sites (N-methyl/N-ethyl adjacent to an activating group) is 1. The molecule has 0 bridgehead atoms. The molecule has 0 unspecified atom stereocenters. The highest BCUT2D eigenvalue weighted by atomic mass is 35.5.